The highest BCUT2D eigenvalue weighted by Crippen LogP contribution is 2.41. The van der Waals surface area contributed by atoms with E-state index in [1.807, 2.05) is 14.1 Å². The Morgan fingerprint density at radius 1 is 1.52 bits per heavy atom. The maximum absolute atomic E-state index is 12.2. The van der Waals surface area contributed by atoms with E-state index in [0.29, 0.717) is 27.7 Å². The van der Waals surface area contributed by atoms with E-state index in [0.717, 1.165) is 12.8 Å². The zero-order valence-corrected chi connectivity index (χ0v) is 13.8. The molecule has 1 aromatic heterocycles. The van der Waals surface area contributed by atoms with E-state index in [4.69, 9.17) is 5.73 Å². The number of nitrogens with zero attached hydrogens (tertiary/aromatic N) is 2. The Kier molecular flexibility index (Phi) is 4.26. The predicted molar refractivity (Wildman–Crippen MR) is 86.8 cm³/mol. The molecule has 1 saturated carbocycles. The Hall–Kier alpha value is -1.58. The van der Waals surface area contributed by atoms with Crippen molar-refractivity contribution >= 4 is 27.8 Å². The molecule has 21 heavy (non-hydrogen) atoms. The molecule has 1 aliphatic rings. The lowest BCUT2D eigenvalue weighted by molar-refractivity contribution is 0.0972. The maximum Gasteiger partial charge on any atom is 0.178 e. The number of nitriles is 1. The van der Waals surface area contributed by atoms with Crippen molar-refractivity contribution in [2.24, 2.45) is 5.92 Å². The number of nitrogen functional groups attached to an aromatic ring is 1. The van der Waals surface area contributed by atoms with E-state index in [2.05, 4.69) is 30.1 Å². The molecular formula is C15H22N4OS. The summed E-state index contributed by atoms with van der Waals surface area (Å²) in [7, 11) is 4.02. The van der Waals surface area contributed by atoms with Crippen LogP contribution in [0.5, 0.6) is 0 Å². The van der Waals surface area contributed by atoms with Crippen molar-refractivity contribution in [3.8, 4) is 6.07 Å². The molecule has 0 spiro atoms. The SMILES string of the molecule is CN(C)C(C)(C)CNc1sc(C(=O)C2CC2)c(N)c1C#N. The van der Waals surface area contributed by atoms with E-state index < -0.39 is 0 Å². The lowest BCUT2D eigenvalue weighted by atomic mass is 10.0. The second-order valence-corrected chi connectivity index (χ2v) is 7.38. The minimum atomic E-state index is -0.0634. The first kappa shape index (κ1) is 15.8. The fourth-order valence-corrected chi connectivity index (χ4v) is 2.93. The van der Waals surface area contributed by atoms with Crippen LogP contribution < -0.4 is 11.1 Å². The standard InChI is InChI=1S/C15H22N4OS/c1-15(2,19(3)4)8-18-14-10(7-16)11(17)13(21-14)12(20)9-5-6-9/h9,18H,5-6,8,17H2,1-4H3. The molecule has 0 aliphatic heterocycles. The molecular weight excluding hydrogens is 284 g/mol. The molecule has 0 atom stereocenters. The zero-order chi connectivity index (χ0) is 15.8. The number of ketones is 1. The van der Waals surface area contributed by atoms with Gasteiger partial charge in [-0.2, -0.15) is 5.26 Å². The quantitative estimate of drug-likeness (QED) is 0.789. The summed E-state index contributed by atoms with van der Waals surface area (Å²) in [6, 6.07) is 2.12. The number of rotatable bonds is 6. The summed E-state index contributed by atoms with van der Waals surface area (Å²) in [5.41, 5.74) is 6.67. The van der Waals surface area contributed by atoms with Gasteiger partial charge in [0, 0.05) is 18.0 Å². The molecule has 0 radical (unpaired) electrons. The largest absolute Gasteiger partial charge is 0.396 e. The van der Waals surface area contributed by atoms with Gasteiger partial charge in [-0.25, -0.2) is 0 Å². The van der Waals surface area contributed by atoms with Crippen molar-refractivity contribution in [2.75, 3.05) is 31.7 Å². The van der Waals surface area contributed by atoms with Crippen LogP contribution in [-0.4, -0.2) is 36.9 Å². The summed E-state index contributed by atoms with van der Waals surface area (Å²) in [6.07, 6.45) is 1.88. The van der Waals surface area contributed by atoms with E-state index in [-0.39, 0.29) is 17.2 Å². The van der Waals surface area contributed by atoms with E-state index in [1.54, 1.807) is 0 Å². The summed E-state index contributed by atoms with van der Waals surface area (Å²) < 4.78 is 0. The minimum absolute atomic E-state index is 0.0634. The number of Topliss-reactive ketones (excluding diaryl/α,β-unsaturated/α-hetero) is 1. The monoisotopic (exact) mass is 306 g/mol. The Balaban J connectivity index is 2.22. The van der Waals surface area contributed by atoms with Crippen LogP contribution in [0.3, 0.4) is 0 Å². The van der Waals surface area contributed by atoms with E-state index in [9.17, 15) is 10.1 Å². The summed E-state index contributed by atoms with van der Waals surface area (Å²) in [5.74, 6) is 0.206. The van der Waals surface area contributed by atoms with Gasteiger partial charge in [0.05, 0.1) is 10.6 Å². The fraction of sp³-hybridized carbons (Fsp3) is 0.600. The van der Waals surface area contributed by atoms with Gasteiger partial charge in [-0.15, -0.1) is 11.3 Å². The third-order valence-electron chi connectivity index (χ3n) is 4.12. The number of likely N-dealkylation sites (N-methyl/N-ethyl adjacent to an activating group) is 1. The highest BCUT2D eigenvalue weighted by Gasteiger charge is 2.34. The van der Waals surface area contributed by atoms with Crippen molar-refractivity contribution in [2.45, 2.75) is 32.2 Å². The van der Waals surface area contributed by atoms with Crippen molar-refractivity contribution in [3.63, 3.8) is 0 Å². The first-order valence-corrected chi connectivity index (χ1v) is 7.87. The van der Waals surface area contributed by atoms with Gasteiger partial charge in [0.25, 0.3) is 0 Å². The van der Waals surface area contributed by atoms with Gasteiger partial charge in [0.1, 0.15) is 16.6 Å². The van der Waals surface area contributed by atoms with Crippen LogP contribution in [0, 0.1) is 17.2 Å². The number of hydrogen-bond acceptors (Lipinski definition) is 6. The van der Waals surface area contributed by atoms with Crippen LogP contribution in [-0.2, 0) is 0 Å². The predicted octanol–water partition coefficient (Wildman–Crippen LogP) is 2.55. The zero-order valence-electron chi connectivity index (χ0n) is 13.0. The molecule has 0 amide bonds. The molecule has 1 aromatic rings. The molecule has 5 nitrogen and oxygen atoms in total. The number of thiophene rings is 1. The van der Waals surface area contributed by atoms with Crippen LogP contribution in [0.2, 0.25) is 0 Å². The normalized spacial score (nSPS) is 15.0. The van der Waals surface area contributed by atoms with Crippen LogP contribution in [0.4, 0.5) is 10.7 Å². The Morgan fingerprint density at radius 2 is 2.14 bits per heavy atom. The first-order chi connectivity index (χ1) is 9.77. The van der Waals surface area contributed by atoms with Crippen molar-refractivity contribution in [3.05, 3.63) is 10.4 Å². The van der Waals surface area contributed by atoms with E-state index in [1.165, 1.54) is 11.3 Å². The molecule has 1 heterocycles. The molecule has 0 aromatic carbocycles. The van der Waals surface area contributed by atoms with Gasteiger partial charge in [0.15, 0.2) is 5.78 Å². The molecule has 3 N–H and O–H groups in total. The number of carbonyl (C=O) groups is 1. The Morgan fingerprint density at radius 3 is 2.62 bits per heavy atom. The molecule has 2 rings (SSSR count). The van der Waals surface area contributed by atoms with Gasteiger partial charge < -0.3 is 16.0 Å². The van der Waals surface area contributed by atoms with Crippen molar-refractivity contribution in [1.29, 1.82) is 5.26 Å². The minimum Gasteiger partial charge on any atom is -0.396 e. The van der Waals surface area contributed by atoms with E-state index >= 15 is 0 Å². The van der Waals surface area contributed by atoms with Gasteiger partial charge in [-0.3, -0.25) is 4.79 Å². The van der Waals surface area contributed by atoms with Gasteiger partial charge in [-0.1, -0.05) is 0 Å². The maximum atomic E-state index is 12.2. The molecule has 0 unspecified atom stereocenters. The molecule has 1 aliphatic carbocycles. The number of carbonyl (C=O) groups excluding carboxylic acids is 1. The van der Waals surface area contributed by atoms with Crippen LogP contribution in [0.25, 0.3) is 0 Å². The average Bonchev–Trinajstić information content (AvgIpc) is 3.20. The second kappa shape index (κ2) is 5.66. The summed E-state index contributed by atoms with van der Waals surface area (Å²) in [6.45, 7) is 4.89. The van der Waals surface area contributed by atoms with Gasteiger partial charge in [0.2, 0.25) is 0 Å². The van der Waals surface area contributed by atoms with Gasteiger partial charge >= 0.3 is 0 Å². The molecule has 0 saturated heterocycles. The van der Waals surface area contributed by atoms with Crippen molar-refractivity contribution < 1.29 is 4.79 Å². The number of nitrogens with two attached hydrogens (primary N) is 1. The third kappa shape index (κ3) is 3.20. The fourth-order valence-electron chi connectivity index (χ4n) is 1.85. The Labute approximate surface area is 129 Å². The highest BCUT2D eigenvalue weighted by molar-refractivity contribution is 7.19. The van der Waals surface area contributed by atoms with Crippen LogP contribution >= 0.6 is 11.3 Å². The third-order valence-corrected chi connectivity index (χ3v) is 5.30. The molecule has 1 fully saturated rings. The number of anilines is 2. The summed E-state index contributed by atoms with van der Waals surface area (Å²) >= 11 is 1.31. The van der Waals surface area contributed by atoms with Gasteiger partial charge in [-0.05, 0) is 40.8 Å². The number of hydrogen-bond donors (Lipinski definition) is 2. The second-order valence-electron chi connectivity index (χ2n) is 6.36. The molecule has 0 bridgehead atoms. The first-order valence-electron chi connectivity index (χ1n) is 7.05. The molecule has 6 heteroatoms. The summed E-state index contributed by atoms with van der Waals surface area (Å²) in [4.78, 5) is 14.9. The number of nitrogens with one attached hydrogen (secondary N) is 1. The Bertz CT molecular complexity index is 594. The molecule has 114 valence electrons. The summed E-state index contributed by atoms with van der Waals surface area (Å²) in [5, 5.41) is 13.3. The lowest BCUT2D eigenvalue weighted by Gasteiger charge is -2.32. The lowest BCUT2D eigenvalue weighted by Crippen LogP contribution is -2.44. The smallest absolute Gasteiger partial charge is 0.178 e. The highest BCUT2D eigenvalue weighted by atomic mass is 32.1. The van der Waals surface area contributed by atoms with Crippen LogP contribution in [0.1, 0.15) is 41.9 Å². The van der Waals surface area contributed by atoms with Crippen molar-refractivity contribution in [1.82, 2.24) is 4.90 Å². The van der Waals surface area contributed by atoms with Crippen LogP contribution in [0.15, 0.2) is 0 Å². The topological polar surface area (TPSA) is 82.2 Å². The average molecular weight is 306 g/mol.